The van der Waals surface area contributed by atoms with Crippen molar-refractivity contribution in [1.29, 1.82) is 0 Å². The zero-order valence-electron chi connectivity index (χ0n) is 14.5. The number of carbonyl (C=O) groups is 3. The molecule has 1 unspecified atom stereocenters. The van der Waals surface area contributed by atoms with E-state index in [4.69, 9.17) is 4.55 Å². The molecule has 1 heterocycles. The third-order valence-corrected chi connectivity index (χ3v) is 3.83. The Morgan fingerprint density at radius 3 is 1.86 bits per heavy atom. The summed E-state index contributed by atoms with van der Waals surface area (Å²) in [6.45, 7) is 3.55. The quantitative estimate of drug-likeness (QED) is 0.143. The molecule has 1 atom stereocenters. The monoisotopic (exact) mass is 427 g/mol. The number of hydrogen-bond donors (Lipinski definition) is 1. The fourth-order valence-electron chi connectivity index (χ4n) is 1.97. The number of rotatable bonds is 6. The lowest BCUT2D eigenvalue weighted by molar-refractivity contribution is -0.139. The van der Waals surface area contributed by atoms with E-state index in [1.54, 1.807) is 0 Å². The van der Waals surface area contributed by atoms with Gasteiger partial charge in [0.05, 0.1) is 11.7 Å². The summed E-state index contributed by atoms with van der Waals surface area (Å²) in [4.78, 5) is 35.2. The molecule has 0 aliphatic carbocycles. The molecule has 0 saturated heterocycles. The molecule has 0 aromatic heterocycles. The zero-order chi connectivity index (χ0) is 21.6. The van der Waals surface area contributed by atoms with Crippen molar-refractivity contribution in [2.75, 3.05) is 6.54 Å². The summed E-state index contributed by atoms with van der Waals surface area (Å²) in [6.07, 6.45) is 1.11. The Hall–Kier alpha value is -2.47. The summed E-state index contributed by atoms with van der Waals surface area (Å²) >= 11 is 0.0465. The maximum absolute atomic E-state index is 13.5. The van der Waals surface area contributed by atoms with Gasteiger partial charge in [0.2, 0.25) is 34.8 Å². The molecule has 1 aromatic carbocycles. The largest absolute Gasteiger partial charge is 0.420 e. The molecule has 154 valence electrons. The molecule has 0 saturated carbocycles. The molecule has 0 radical (unpaired) electrons. The summed E-state index contributed by atoms with van der Waals surface area (Å²) in [7, 11) is 0. The predicted molar refractivity (Wildman–Crippen MR) is 87.7 cm³/mol. The van der Waals surface area contributed by atoms with Crippen molar-refractivity contribution in [2.45, 2.75) is 25.5 Å². The van der Waals surface area contributed by atoms with E-state index in [-0.39, 0.29) is 12.0 Å². The lowest BCUT2D eigenvalue weighted by atomic mass is 10.2. The van der Waals surface area contributed by atoms with Crippen LogP contribution < -0.4 is 4.74 Å². The van der Waals surface area contributed by atoms with Gasteiger partial charge in [0.15, 0.2) is 0 Å². The number of imide groups is 1. The fraction of sp³-hybridized carbons (Fsp3) is 0.312. The van der Waals surface area contributed by atoms with Crippen molar-refractivity contribution in [1.82, 2.24) is 4.90 Å². The topological polar surface area (TPSA) is 83.9 Å². The minimum Gasteiger partial charge on any atom is -0.420 e. The van der Waals surface area contributed by atoms with Crippen molar-refractivity contribution in [3.8, 4) is 5.75 Å². The van der Waals surface area contributed by atoms with E-state index in [1.807, 2.05) is 13.8 Å². The van der Waals surface area contributed by atoms with E-state index in [0.717, 1.165) is 12.2 Å². The second-order valence-electron chi connectivity index (χ2n) is 4.93. The van der Waals surface area contributed by atoms with Crippen LogP contribution in [0.5, 0.6) is 5.75 Å². The maximum Gasteiger partial charge on any atom is 0.312 e. The van der Waals surface area contributed by atoms with Crippen LogP contribution in [0.15, 0.2) is 12.2 Å². The first-order valence-corrected chi connectivity index (χ1v) is 8.56. The Morgan fingerprint density at radius 1 is 1.00 bits per heavy atom. The van der Waals surface area contributed by atoms with Crippen molar-refractivity contribution >= 4 is 29.8 Å². The van der Waals surface area contributed by atoms with Crippen LogP contribution in [0.3, 0.4) is 0 Å². The van der Waals surface area contributed by atoms with Gasteiger partial charge >= 0.3 is 5.97 Å². The van der Waals surface area contributed by atoms with E-state index in [9.17, 15) is 36.3 Å². The zero-order valence-corrected chi connectivity index (χ0v) is 15.3. The Kier molecular flexibility index (Phi) is 8.57. The van der Waals surface area contributed by atoms with Gasteiger partial charge in [0.1, 0.15) is 0 Å². The number of benzene rings is 1. The Morgan fingerprint density at radius 2 is 1.43 bits per heavy atom. The van der Waals surface area contributed by atoms with Gasteiger partial charge in [-0.1, -0.05) is 13.8 Å². The molecule has 2 rings (SSSR count). The van der Waals surface area contributed by atoms with Crippen molar-refractivity contribution in [2.24, 2.45) is 0 Å². The highest BCUT2D eigenvalue weighted by Crippen LogP contribution is 2.29. The third kappa shape index (κ3) is 5.07. The minimum atomic E-state index is -2.41. The fourth-order valence-corrected chi connectivity index (χ4v) is 2.39. The lowest BCUT2D eigenvalue weighted by Gasteiger charge is -2.19. The van der Waals surface area contributed by atoms with E-state index in [0.29, 0.717) is 4.90 Å². The molecular weight excluding hydrogens is 413 g/mol. The van der Waals surface area contributed by atoms with Crippen molar-refractivity contribution < 1.29 is 45.6 Å². The molecular formula is C16H14F5NO5S. The molecule has 0 bridgehead atoms. The molecule has 1 aliphatic rings. The van der Waals surface area contributed by atoms with Gasteiger partial charge in [-0.15, -0.1) is 0 Å². The average Bonchev–Trinajstić information content (AvgIpc) is 3.01. The van der Waals surface area contributed by atoms with E-state index in [1.165, 1.54) is 0 Å². The average molecular weight is 427 g/mol. The molecule has 6 nitrogen and oxygen atoms in total. The molecule has 2 amide bonds. The first kappa shape index (κ1) is 23.6. The SMILES string of the molecule is CC.O=C(CC(CN1C(=O)C=CC1=O)SO)Oc1c(F)c(F)c(F)c(F)c1F. The lowest BCUT2D eigenvalue weighted by Crippen LogP contribution is -2.37. The van der Waals surface area contributed by atoms with Crippen LogP contribution in [0.1, 0.15) is 20.3 Å². The van der Waals surface area contributed by atoms with Gasteiger partial charge in [0.25, 0.3) is 11.8 Å². The van der Waals surface area contributed by atoms with E-state index >= 15 is 0 Å². The van der Waals surface area contributed by atoms with Gasteiger partial charge < -0.3 is 9.29 Å². The summed E-state index contributed by atoms with van der Waals surface area (Å²) in [5.41, 5.74) is 0. The normalized spacial score (nSPS) is 14.1. The van der Waals surface area contributed by atoms with Gasteiger partial charge in [-0.2, -0.15) is 8.78 Å². The van der Waals surface area contributed by atoms with Gasteiger partial charge in [-0.3, -0.25) is 19.3 Å². The van der Waals surface area contributed by atoms with Crippen LogP contribution in [0.25, 0.3) is 0 Å². The van der Waals surface area contributed by atoms with Crippen LogP contribution in [-0.2, 0) is 14.4 Å². The van der Waals surface area contributed by atoms with E-state index in [2.05, 4.69) is 4.74 Å². The van der Waals surface area contributed by atoms with Crippen LogP contribution >= 0.6 is 12.0 Å². The summed E-state index contributed by atoms with van der Waals surface area (Å²) < 4.78 is 79.2. The number of hydrogen-bond acceptors (Lipinski definition) is 6. The van der Waals surface area contributed by atoms with Gasteiger partial charge in [-0.05, 0) is 12.0 Å². The molecule has 0 spiro atoms. The molecule has 0 fully saturated rings. The Balaban J connectivity index is 0.00000190. The van der Waals surface area contributed by atoms with Crippen LogP contribution in [0, 0.1) is 29.1 Å². The Labute approximate surface area is 160 Å². The molecule has 1 aromatic rings. The number of halogens is 5. The number of amides is 2. The molecule has 12 heteroatoms. The summed E-state index contributed by atoms with van der Waals surface area (Å²) in [5, 5.41) is -1.16. The number of carbonyl (C=O) groups excluding carboxylic acids is 3. The summed E-state index contributed by atoms with van der Waals surface area (Å²) in [5.74, 6) is -16.3. The van der Waals surface area contributed by atoms with Crippen molar-refractivity contribution in [3.05, 3.63) is 41.2 Å². The van der Waals surface area contributed by atoms with Crippen molar-refractivity contribution in [3.63, 3.8) is 0 Å². The molecule has 1 aliphatic heterocycles. The first-order chi connectivity index (χ1) is 13.2. The van der Waals surface area contributed by atoms with Gasteiger partial charge in [-0.25, -0.2) is 13.2 Å². The Bertz CT molecular complexity index is 770. The second kappa shape index (κ2) is 10.2. The highest BCUT2D eigenvalue weighted by atomic mass is 32.2. The minimum absolute atomic E-state index is 0.0465. The first-order valence-electron chi connectivity index (χ1n) is 7.73. The number of ether oxygens (including phenoxy) is 1. The highest BCUT2D eigenvalue weighted by molar-refractivity contribution is 7.94. The summed E-state index contributed by atoms with van der Waals surface area (Å²) in [6, 6.07) is 0. The molecule has 28 heavy (non-hydrogen) atoms. The van der Waals surface area contributed by atoms with Crippen LogP contribution in [0.2, 0.25) is 0 Å². The number of nitrogens with zero attached hydrogens (tertiary/aromatic N) is 1. The second-order valence-corrected chi connectivity index (χ2v) is 5.80. The highest BCUT2D eigenvalue weighted by Gasteiger charge is 2.31. The third-order valence-electron chi connectivity index (χ3n) is 3.22. The predicted octanol–water partition coefficient (Wildman–Crippen LogP) is 3.20. The van der Waals surface area contributed by atoms with E-state index < -0.39 is 70.8 Å². The van der Waals surface area contributed by atoms with Gasteiger partial charge in [0, 0.05) is 18.7 Å². The standard InChI is InChI=1S/C14H8F5NO5S.C2H6/c15-9-10(16)12(18)14(13(19)11(9)17)25-8(23)3-5(26-24)4-20-6(21)1-2-7(20)22;1-2/h1-2,5,24H,3-4H2;1-2H3. The number of esters is 1. The molecule has 1 N–H and O–H groups in total. The van der Waals surface area contributed by atoms with Crippen LogP contribution in [0.4, 0.5) is 22.0 Å². The maximum atomic E-state index is 13.5. The van der Waals surface area contributed by atoms with Crippen LogP contribution in [-0.4, -0.2) is 39.0 Å². The smallest absolute Gasteiger partial charge is 0.312 e.